The smallest absolute Gasteiger partial charge is 0.101 e. The van der Waals surface area contributed by atoms with Gasteiger partial charge in [0.15, 0.2) is 0 Å². The number of pyridine rings is 1. The van der Waals surface area contributed by atoms with Crippen molar-refractivity contribution in [3.8, 4) is 0 Å². The lowest BCUT2D eigenvalue weighted by Crippen LogP contribution is -2.01. The summed E-state index contributed by atoms with van der Waals surface area (Å²) in [6.07, 6.45) is 3.75. The second-order valence-corrected chi connectivity index (χ2v) is 3.54. The predicted octanol–water partition coefficient (Wildman–Crippen LogP) is 2.80. The normalized spacial score (nSPS) is 20.5. The predicted molar refractivity (Wildman–Crippen MR) is 58.3 cm³/mol. The first-order valence-corrected chi connectivity index (χ1v) is 4.67. The molecule has 2 rings (SSSR count). The highest BCUT2D eigenvalue weighted by Gasteiger charge is 2.21. The molecule has 0 aromatic carbocycles. The Balaban J connectivity index is 0.000000980. The van der Waals surface area contributed by atoms with Crippen LogP contribution in [0.2, 0.25) is 5.02 Å². The Hall–Kier alpha value is -0.800. The zero-order valence-corrected chi connectivity index (χ0v) is 7.92. The van der Waals surface area contributed by atoms with Gasteiger partial charge in [0.2, 0.25) is 0 Å². The Kier molecular flexibility index (Phi) is 3.72. The van der Waals surface area contributed by atoms with E-state index in [1.54, 1.807) is 12.3 Å². The van der Waals surface area contributed by atoms with Crippen LogP contribution in [0, 0.1) is 0 Å². The van der Waals surface area contributed by atoms with Crippen molar-refractivity contribution in [3.05, 3.63) is 23.0 Å². The van der Waals surface area contributed by atoms with Crippen LogP contribution >= 0.6 is 11.6 Å². The first-order chi connectivity index (χ1) is 6.27. The van der Waals surface area contributed by atoms with Gasteiger partial charge in [0, 0.05) is 6.61 Å². The zero-order chi connectivity index (χ0) is 9.26. The number of halogens is 1. The number of ether oxygens (including phenoxy) is 1. The number of hydrogen-bond donors (Lipinski definition) is 1. The fourth-order valence-corrected chi connectivity index (χ4v) is 1.79. The molecule has 0 saturated carbocycles. The SMILES string of the molecule is C.Nc1cnc(C2CCCO2)c(Cl)c1. The molecule has 14 heavy (non-hydrogen) atoms. The molecule has 0 spiro atoms. The lowest BCUT2D eigenvalue weighted by atomic mass is 10.1. The lowest BCUT2D eigenvalue weighted by Gasteiger charge is -2.10. The van der Waals surface area contributed by atoms with Crippen LogP contribution in [0.25, 0.3) is 0 Å². The van der Waals surface area contributed by atoms with Crippen LogP contribution in [-0.2, 0) is 4.74 Å². The largest absolute Gasteiger partial charge is 0.397 e. The van der Waals surface area contributed by atoms with E-state index < -0.39 is 0 Å². The van der Waals surface area contributed by atoms with Gasteiger partial charge in [-0.2, -0.15) is 0 Å². The first-order valence-electron chi connectivity index (χ1n) is 4.30. The highest BCUT2D eigenvalue weighted by molar-refractivity contribution is 6.31. The van der Waals surface area contributed by atoms with E-state index in [1.165, 1.54) is 0 Å². The Morgan fingerprint density at radius 1 is 1.57 bits per heavy atom. The molecule has 1 aliphatic rings. The van der Waals surface area contributed by atoms with Crippen LogP contribution in [0.5, 0.6) is 0 Å². The lowest BCUT2D eigenvalue weighted by molar-refractivity contribution is 0.109. The van der Waals surface area contributed by atoms with Gasteiger partial charge >= 0.3 is 0 Å². The van der Waals surface area contributed by atoms with Crippen molar-refractivity contribution in [1.82, 2.24) is 4.98 Å². The van der Waals surface area contributed by atoms with E-state index in [9.17, 15) is 0 Å². The third-order valence-electron chi connectivity index (χ3n) is 2.13. The van der Waals surface area contributed by atoms with E-state index in [4.69, 9.17) is 22.1 Å². The molecule has 1 saturated heterocycles. The van der Waals surface area contributed by atoms with E-state index >= 15 is 0 Å². The number of hydrogen-bond acceptors (Lipinski definition) is 3. The number of anilines is 1. The quantitative estimate of drug-likeness (QED) is 0.782. The molecule has 2 N–H and O–H groups in total. The van der Waals surface area contributed by atoms with E-state index in [-0.39, 0.29) is 13.5 Å². The van der Waals surface area contributed by atoms with Crippen LogP contribution in [-0.4, -0.2) is 11.6 Å². The van der Waals surface area contributed by atoms with Crippen molar-refractivity contribution in [3.63, 3.8) is 0 Å². The summed E-state index contributed by atoms with van der Waals surface area (Å²) in [4.78, 5) is 4.18. The Bertz CT molecular complexity index is 311. The molecule has 1 aromatic rings. The maximum atomic E-state index is 5.99. The first kappa shape index (κ1) is 11.3. The van der Waals surface area contributed by atoms with Crippen LogP contribution in [0.3, 0.4) is 0 Å². The number of nitrogen functional groups attached to an aromatic ring is 1. The fourth-order valence-electron chi connectivity index (χ4n) is 1.49. The van der Waals surface area contributed by atoms with Crippen LogP contribution in [0.4, 0.5) is 5.69 Å². The molecule has 3 nitrogen and oxygen atoms in total. The molecule has 0 radical (unpaired) electrons. The van der Waals surface area contributed by atoms with E-state index in [0.29, 0.717) is 10.7 Å². The molecule has 1 unspecified atom stereocenters. The van der Waals surface area contributed by atoms with E-state index in [1.807, 2.05) is 0 Å². The Morgan fingerprint density at radius 2 is 2.36 bits per heavy atom. The summed E-state index contributed by atoms with van der Waals surface area (Å²) in [7, 11) is 0. The van der Waals surface area contributed by atoms with Crippen LogP contribution < -0.4 is 5.73 Å². The van der Waals surface area contributed by atoms with Crippen molar-refractivity contribution in [2.45, 2.75) is 26.4 Å². The summed E-state index contributed by atoms with van der Waals surface area (Å²) in [5.41, 5.74) is 6.94. The molecule has 1 aliphatic heterocycles. The van der Waals surface area contributed by atoms with Gasteiger partial charge < -0.3 is 10.5 Å². The molecular weight excluding hydrogens is 200 g/mol. The van der Waals surface area contributed by atoms with E-state index in [2.05, 4.69) is 4.98 Å². The summed E-state index contributed by atoms with van der Waals surface area (Å²) in [5.74, 6) is 0. The summed E-state index contributed by atoms with van der Waals surface area (Å²) >= 11 is 5.99. The molecule has 0 aliphatic carbocycles. The number of nitrogens with zero attached hydrogens (tertiary/aromatic N) is 1. The minimum atomic E-state index is 0. The molecule has 1 atom stereocenters. The van der Waals surface area contributed by atoms with Crippen molar-refractivity contribution < 1.29 is 4.74 Å². The Labute approximate surface area is 89.2 Å². The van der Waals surface area contributed by atoms with Gasteiger partial charge in [-0.25, -0.2) is 0 Å². The Morgan fingerprint density at radius 3 is 2.93 bits per heavy atom. The molecule has 2 heterocycles. The van der Waals surface area contributed by atoms with Gasteiger partial charge in [0.1, 0.15) is 6.10 Å². The average Bonchev–Trinajstić information content (AvgIpc) is 2.56. The molecule has 4 heteroatoms. The molecule has 0 bridgehead atoms. The summed E-state index contributed by atoms with van der Waals surface area (Å²) in [5, 5.41) is 0.604. The van der Waals surface area contributed by atoms with Crippen molar-refractivity contribution in [2.75, 3.05) is 12.3 Å². The zero-order valence-electron chi connectivity index (χ0n) is 7.16. The second kappa shape index (κ2) is 4.62. The number of aromatic nitrogens is 1. The van der Waals surface area contributed by atoms with Gasteiger partial charge in [-0.05, 0) is 18.9 Å². The van der Waals surface area contributed by atoms with Gasteiger partial charge in [-0.3, -0.25) is 4.98 Å². The molecule has 1 aromatic heterocycles. The van der Waals surface area contributed by atoms with Crippen molar-refractivity contribution in [2.24, 2.45) is 0 Å². The summed E-state index contributed by atoms with van der Waals surface area (Å²) in [6.45, 7) is 0.799. The highest BCUT2D eigenvalue weighted by atomic mass is 35.5. The minimum Gasteiger partial charge on any atom is -0.397 e. The third kappa shape index (κ3) is 2.16. The molecule has 0 amide bonds. The number of rotatable bonds is 1. The highest BCUT2D eigenvalue weighted by Crippen LogP contribution is 2.32. The minimum absolute atomic E-state index is 0. The summed E-state index contributed by atoms with van der Waals surface area (Å²) in [6, 6.07) is 1.71. The maximum Gasteiger partial charge on any atom is 0.101 e. The third-order valence-corrected chi connectivity index (χ3v) is 2.43. The van der Waals surface area contributed by atoms with Gasteiger partial charge in [0.25, 0.3) is 0 Å². The monoisotopic (exact) mass is 214 g/mol. The topological polar surface area (TPSA) is 48.1 Å². The van der Waals surface area contributed by atoms with Gasteiger partial charge in [-0.1, -0.05) is 19.0 Å². The molecule has 78 valence electrons. The molecule has 1 fully saturated rings. The standard InChI is InChI=1S/C9H11ClN2O.CH4/c10-7-4-6(11)5-12-9(7)8-2-1-3-13-8;/h4-5,8H,1-3,11H2;1H4. The van der Waals surface area contributed by atoms with Crippen molar-refractivity contribution >= 4 is 17.3 Å². The fraction of sp³-hybridized carbons (Fsp3) is 0.500. The van der Waals surface area contributed by atoms with E-state index in [0.717, 1.165) is 25.1 Å². The van der Waals surface area contributed by atoms with Crippen LogP contribution in [0.15, 0.2) is 12.3 Å². The summed E-state index contributed by atoms with van der Waals surface area (Å²) < 4.78 is 5.47. The van der Waals surface area contributed by atoms with Gasteiger partial charge in [-0.15, -0.1) is 0 Å². The van der Waals surface area contributed by atoms with Crippen molar-refractivity contribution in [1.29, 1.82) is 0 Å². The number of nitrogens with two attached hydrogens (primary N) is 1. The van der Waals surface area contributed by atoms with Crippen LogP contribution in [0.1, 0.15) is 32.1 Å². The average molecular weight is 215 g/mol. The molecular formula is C10H15ClN2O. The maximum absolute atomic E-state index is 5.99. The second-order valence-electron chi connectivity index (χ2n) is 3.14. The van der Waals surface area contributed by atoms with Gasteiger partial charge in [0.05, 0.1) is 22.6 Å².